The standard InChI is InChI=1S/C20H20FN3O/c21-17-5-2-1-4-15(17)12-19(25)24-10-7-14(8-11-24)16-13-23-18-6-3-9-22-20(16)18/h1-6,9,13-14,23H,7-8,10-12H2. The number of fused-ring (bicyclic) bond motifs is 1. The fourth-order valence-electron chi connectivity index (χ4n) is 3.64. The molecule has 2 aromatic heterocycles. The van der Waals surface area contributed by atoms with Gasteiger partial charge in [-0.2, -0.15) is 0 Å². The van der Waals surface area contributed by atoms with Crippen LogP contribution >= 0.6 is 0 Å². The van der Waals surface area contributed by atoms with E-state index in [2.05, 4.69) is 9.97 Å². The van der Waals surface area contributed by atoms with Gasteiger partial charge in [0, 0.05) is 25.5 Å². The molecule has 1 aliphatic rings. The lowest BCUT2D eigenvalue weighted by molar-refractivity contribution is -0.131. The van der Waals surface area contributed by atoms with Crippen LogP contribution in [0, 0.1) is 5.82 Å². The van der Waals surface area contributed by atoms with Crippen LogP contribution in [0.15, 0.2) is 48.8 Å². The second kappa shape index (κ2) is 6.67. The van der Waals surface area contributed by atoms with E-state index in [1.165, 1.54) is 11.6 Å². The highest BCUT2D eigenvalue weighted by atomic mass is 19.1. The highest BCUT2D eigenvalue weighted by Crippen LogP contribution is 2.32. The summed E-state index contributed by atoms with van der Waals surface area (Å²) in [6, 6.07) is 10.4. The summed E-state index contributed by atoms with van der Waals surface area (Å²) in [6.45, 7) is 1.41. The van der Waals surface area contributed by atoms with E-state index in [4.69, 9.17) is 0 Å². The highest BCUT2D eigenvalue weighted by Gasteiger charge is 2.26. The topological polar surface area (TPSA) is 49.0 Å². The van der Waals surface area contributed by atoms with Crippen LogP contribution in [-0.2, 0) is 11.2 Å². The van der Waals surface area contributed by atoms with Gasteiger partial charge in [-0.3, -0.25) is 9.78 Å². The molecule has 0 aliphatic carbocycles. The molecular formula is C20H20FN3O. The molecule has 0 unspecified atom stereocenters. The van der Waals surface area contributed by atoms with E-state index >= 15 is 0 Å². The predicted molar refractivity (Wildman–Crippen MR) is 94.8 cm³/mol. The van der Waals surface area contributed by atoms with Crippen molar-refractivity contribution in [2.24, 2.45) is 0 Å². The molecule has 4 nitrogen and oxygen atoms in total. The third-order valence-corrected chi connectivity index (χ3v) is 5.05. The number of aromatic amines is 1. The fraction of sp³-hybridized carbons (Fsp3) is 0.300. The van der Waals surface area contributed by atoms with Gasteiger partial charge in [0.05, 0.1) is 17.5 Å². The van der Waals surface area contributed by atoms with Gasteiger partial charge in [0.25, 0.3) is 0 Å². The van der Waals surface area contributed by atoms with Gasteiger partial charge in [-0.15, -0.1) is 0 Å². The molecule has 1 saturated heterocycles. The number of likely N-dealkylation sites (tertiary alicyclic amines) is 1. The Bertz CT molecular complexity index is 897. The van der Waals surface area contributed by atoms with Crippen LogP contribution < -0.4 is 0 Å². The maximum Gasteiger partial charge on any atom is 0.227 e. The second-order valence-corrected chi connectivity index (χ2v) is 6.57. The number of aromatic nitrogens is 2. The maximum absolute atomic E-state index is 13.7. The SMILES string of the molecule is O=C(Cc1ccccc1F)N1CCC(c2c[nH]c3cccnc23)CC1. The minimum atomic E-state index is -0.310. The number of carbonyl (C=O) groups is 1. The Hall–Kier alpha value is -2.69. The zero-order valence-corrected chi connectivity index (χ0v) is 13.9. The van der Waals surface area contributed by atoms with Crippen LogP contribution in [0.25, 0.3) is 11.0 Å². The number of amides is 1. The maximum atomic E-state index is 13.7. The molecule has 1 amide bonds. The number of piperidine rings is 1. The van der Waals surface area contributed by atoms with Crippen molar-refractivity contribution >= 4 is 16.9 Å². The summed E-state index contributed by atoms with van der Waals surface area (Å²) < 4.78 is 13.7. The van der Waals surface area contributed by atoms with Crippen molar-refractivity contribution in [2.75, 3.05) is 13.1 Å². The lowest BCUT2D eigenvalue weighted by Gasteiger charge is -2.32. The van der Waals surface area contributed by atoms with E-state index in [1.54, 1.807) is 18.2 Å². The summed E-state index contributed by atoms with van der Waals surface area (Å²) in [4.78, 5) is 22.1. The van der Waals surface area contributed by atoms with E-state index in [0.29, 0.717) is 24.6 Å². The first-order valence-corrected chi connectivity index (χ1v) is 8.65. The first kappa shape index (κ1) is 15.8. The molecule has 5 heteroatoms. The van der Waals surface area contributed by atoms with E-state index in [0.717, 1.165) is 23.9 Å². The molecule has 128 valence electrons. The first-order valence-electron chi connectivity index (χ1n) is 8.65. The van der Waals surface area contributed by atoms with Crippen LogP contribution in [-0.4, -0.2) is 33.9 Å². The first-order chi connectivity index (χ1) is 12.2. The summed E-state index contributed by atoms with van der Waals surface area (Å²) >= 11 is 0. The monoisotopic (exact) mass is 337 g/mol. The van der Waals surface area contributed by atoms with Gasteiger partial charge in [-0.25, -0.2) is 4.39 Å². The van der Waals surface area contributed by atoms with Crippen molar-refractivity contribution in [1.29, 1.82) is 0 Å². The Labute approximate surface area is 145 Å². The number of carbonyl (C=O) groups excluding carboxylic acids is 1. The van der Waals surface area contributed by atoms with Crippen molar-refractivity contribution in [3.05, 3.63) is 65.7 Å². The van der Waals surface area contributed by atoms with Gasteiger partial charge in [0.15, 0.2) is 0 Å². The summed E-state index contributed by atoms with van der Waals surface area (Å²) in [5.74, 6) is 0.0948. The molecule has 1 aliphatic heterocycles. The number of pyridine rings is 1. The Kier molecular flexibility index (Phi) is 4.22. The number of H-pyrrole nitrogens is 1. The van der Waals surface area contributed by atoms with Crippen molar-refractivity contribution in [2.45, 2.75) is 25.2 Å². The largest absolute Gasteiger partial charge is 0.360 e. The van der Waals surface area contributed by atoms with Gasteiger partial charge in [0.1, 0.15) is 5.82 Å². The zero-order valence-electron chi connectivity index (χ0n) is 13.9. The van der Waals surface area contributed by atoms with Crippen LogP contribution in [0.2, 0.25) is 0 Å². The normalized spacial score (nSPS) is 15.6. The molecule has 0 atom stereocenters. The molecule has 25 heavy (non-hydrogen) atoms. The van der Waals surface area contributed by atoms with E-state index < -0.39 is 0 Å². The summed E-state index contributed by atoms with van der Waals surface area (Å²) in [5.41, 5.74) is 3.78. The van der Waals surface area contributed by atoms with Gasteiger partial charge in [0.2, 0.25) is 5.91 Å². The second-order valence-electron chi connectivity index (χ2n) is 6.57. The van der Waals surface area contributed by atoms with Crippen LogP contribution in [0.5, 0.6) is 0 Å². The molecule has 0 bridgehead atoms. The quantitative estimate of drug-likeness (QED) is 0.793. The molecule has 3 aromatic rings. The number of halogens is 1. The Morgan fingerprint density at radius 3 is 2.80 bits per heavy atom. The third kappa shape index (κ3) is 3.14. The molecule has 1 aromatic carbocycles. The highest BCUT2D eigenvalue weighted by molar-refractivity contribution is 5.80. The Balaban J connectivity index is 1.41. The number of rotatable bonds is 3. The zero-order chi connectivity index (χ0) is 17.2. The van der Waals surface area contributed by atoms with Crippen LogP contribution in [0.3, 0.4) is 0 Å². The van der Waals surface area contributed by atoms with Crippen molar-refractivity contribution < 1.29 is 9.18 Å². The Morgan fingerprint density at radius 2 is 2.00 bits per heavy atom. The molecule has 3 heterocycles. The smallest absolute Gasteiger partial charge is 0.227 e. The van der Waals surface area contributed by atoms with Crippen LogP contribution in [0.1, 0.15) is 29.9 Å². The minimum Gasteiger partial charge on any atom is -0.360 e. The van der Waals surface area contributed by atoms with E-state index in [1.807, 2.05) is 29.4 Å². The van der Waals surface area contributed by atoms with Gasteiger partial charge < -0.3 is 9.88 Å². The number of hydrogen-bond acceptors (Lipinski definition) is 2. The Morgan fingerprint density at radius 1 is 1.20 bits per heavy atom. The number of nitrogens with one attached hydrogen (secondary N) is 1. The lowest BCUT2D eigenvalue weighted by Crippen LogP contribution is -2.38. The van der Waals surface area contributed by atoms with Gasteiger partial charge in [-0.1, -0.05) is 18.2 Å². The van der Waals surface area contributed by atoms with Crippen molar-refractivity contribution in [1.82, 2.24) is 14.9 Å². The summed E-state index contributed by atoms with van der Waals surface area (Å²) in [7, 11) is 0. The number of nitrogens with zero attached hydrogens (tertiary/aromatic N) is 2. The molecular weight excluding hydrogens is 317 g/mol. The fourth-order valence-corrected chi connectivity index (χ4v) is 3.64. The predicted octanol–water partition coefficient (Wildman–Crippen LogP) is 3.65. The molecule has 0 radical (unpaired) electrons. The average molecular weight is 337 g/mol. The van der Waals surface area contributed by atoms with Gasteiger partial charge in [-0.05, 0) is 48.1 Å². The molecule has 0 saturated carbocycles. The summed E-state index contributed by atoms with van der Waals surface area (Å²) in [6.07, 6.45) is 5.80. The molecule has 0 spiro atoms. The van der Waals surface area contributed by atoms with Crippen LogP contribution in [0.4, 0.5) is 4.39 Å². The minimum absolute atomic E-state index is 0.000557. The molecule has 1 N–H and O–H groups in total. The van der Waals surface area contributed by atoms with E-state index in [9.17, 15) is 9.18 Å². The van der Waals surface area contributed by atoms with E-state index in [-0.39, 0.29) is 18.1 Å². The van der Waals surface area contributed by atoms with Gasteiger partial charge >= 0.3 is 0 Å². The third-order valence-electron chi connectivity index (χ3n) is 5.05. The average Bonchev–Trinajstić information content (AvgIpc) is 3.08. The van der Waals surface area contributed by atoms with Crippen molar-refractivity contribution in [3.8, 4) is 0 Å². The molecule has 1 fully saturated rings. The summed E-state index contributed by atoms with van der Waals surface area (Å²) in [5, 5.41) is 0. The lowest BCUT2D eigenvalue weighted by atomic mass is 9.90. The molecule has 4 rings (SSSR count). The van der Waals surface area contributed by atoms with Crippen molar-refractivity contribution in [3.63, 3.8) is 0 Å². The number of hydrogen-bond donors (Lipinski definition) is 1. The number of benzene rings is 1.